The molecule has 2 N–H and O–H groups in total. The van der Waals surface area contributed by atoms with Crippen LogP contribution >= 0.6 is 0 Å². The molecule has 0 aliphatic carbocycles. The zero-order chi connectivity index (χ0) is 13.7. The normalized spacial score (nSPS) is 10.0. The summed E-state index contributed by atoms with van der Waals surface area (Å²) in [5, 5.41) is 0. The fraction of sp³-hybridized carbons (Fsp3) is 0.200. The van der Waals surface area contributed by atoms with Crippen LogP contribution < -0.4 is 19.9 Å². The summed E-state index contributed by atoms with van der Waals surface area (Å²) in [6.45, 7) is 2.51. The Morgan fingerprint density at radius 2 is 1.53 bits per heavy atom. The second-order valence-electron chi connectivity index (χ2n) is 3.95. The van der Waals surface area contributed by atoms with Gasteiger partial charge in [-0.2, -0.15) is 0 Å². The van der Waals surface area contributed by atoms with Crippen molar-refractivity contribution in [2.75, 3.05) is 19.5 Å². The summed E-state index contributed by atoms with van der Waals surface area (Å²) < 4.78 is 16.2. The fourth-order valence-electron chi connectivity index (χ4n) is 1.68. The van der Waals surface area contributed by atoms with Crippen LogP contribution in [0.5, 0.6) is 23.0 Å². The van der Waals surface area contributed by atoms with E-state index in [4.69, 9.17) is 19.9 Å². The number of nitrogens with two attached hydrogens (primary N) is 1. The summed E-state index contributed by atoms with van der Waals surface area (Å²) in [7, 11) is 1.63. The highest BCUT2D eigenvalue weighted by atomic mass is 16.5. The van der Waals surface area contributed by atoms with Gasteiger partial charge in [-0.25, -0.2) is 0 Å². The lowest BCUT2D eigenvalue weighted by atomic mass is 10.2. The van der Waals surface area contributed by atoms with Gasteiger partial charge in [-0.1, -0.05) is 0 Å². The van der Waals surface area contributed by atoms with Crippen LogP contribution in [0, 0.1) is 0 Å². The molecule has 0 saturated carbocycles. The number of methoxy groups -OCH3 is 1. The monoisotopic (exact) mass is 259 g/mol. The Labute approximate surface area is 112 Å². The Morgan fingerprint density at radius 3 is 2.16 bits per heavy atom. The standard InChI is InChI=1S/C15H17NO3/c1-3-18-14-8-11(16)9-15(10-14)19-13-6-4-12(17-2)5-7-13/h4-10H,3,16H2,1-2H3. The molecule has 0 aliphatic rings. The average Bonchev–Trinajstić information content (AvgIpc) is 2.39. The lowest BCUT2D eigenvalue weighted by molar-refractivity contribution is 0.338. The maximum absolute atomic E-state index is 5.81. The molecule has 0 saturated heterocycles. The minimum atomic E-state index is 0.589. The molecule has 0 amide bonds. The van der Waals surface area contributed by atoms with Crippen molar-refractivity contribution in [1.29, 1.82) is 0 Å². The molecule has 0 aliphatic heterocycles. The number of benzene rings is 2. The molecule has 2 aromatic rings. The molecule has 0 heterocycles. The molecule has 19 heavy (non-hydrogen) atoms. The first kappa shape index (κ1) is 13.1. The van der Waals surface area contributed by atoms with Crippen molar-refractivity contribution in [3.8, 4) is 23.0 Å². The van der Waals surface area contributed by atoms with E-state index in [1.807, 2.05) is 37.3 Å². The highest BCUT2D eigenvalue weighted by Gasteiger charge is 2.03. The average molecular weight is 259 g/mol. The molecule has 2 aromatic carbocycles. The van der Waals surface area contributed by atoms with Crippen molar-refractivity contribution in [3.63, 3.8) is 0 Å². The quantitative estimate of drug-likeness (QED) is 0.835. The first-order chi connectivity index (χ1) is 9.21. The van der Waals surface area contributed by atoms with Gasteiger partial charge in [0, 0.05) is 23.9 Å². The van der Waals surface area contributed by atoms with Gasteiger partial charge >= 0.3 is 0 Å². The fourth-order valence-corrected chi connectivity index (χ4v) is 1.68. The Kier molecular flexibility index (Phi) is 4.13. The second-order valence-corrected chi connectivity index (χ2v) is 3.95. The molecule has 0 bridgehead atoms. The van der Waals surface area contributed by atoms with Crippen molar-refractivity contribution in [2.24, 2.45) is 0 Å². The van der Waals surface area contributed by atoms with Crippen molar-refractivity contribution >= 4 is 5.69 Å². The molecule has 4 heteroatoms. The Hall–Kier alpha value is -2.36. The minimum absolute atomic E-state index is 0.589. The molecule has 0 aromatic heterocycles. The maximum atomic E-state index is 5.81. The van der Waals surface area contributed by atoms with Gasteiger partial charge in [0.1, 0.15) is 23.0 Å². The van der Waals surface area contributed by atoms with E-state index in [2.05, 4.69) is 0 Å². The predicted molar refractivity (Wildman–Crippen MR) is 75.1 cm³/mol. The van der Waals surface area contributed by atoms with Crippen LogP contribution in [0.1, 0.15) is 6.92 Å². The van der Waals surface area contributed by atoms with Crippen LogP contribution in [0.4, 0.5) is 5.69 Å². The van der Waals surface area contributed by atoms with Gasteiger partial charge in [-0.3, -0.25) is 0 Å². The van der Waals surface area contributed by atoms with Crippen LogP contribution in [0.2, 0.25) is 0 Å². The van der Waals surface area contributed by atoms with Crippen LogP contribution in [-0.4, -0.2) is 13.7 Å². The number of anilines is 1. The third kappa shape index (κ3) is 3.55. The topological polar surface area (TPSA) is 53.7 Å². The van der Waals surface area contributed by atoms with E-state index in [1.54, 1.807) is 19.2 Å². The molecule has 0 atom stereocenters. The van der Waals surface area contributed by atoms with E-state index in [9.17, 15) is 0 Å². The van der Waals surface area contributed by atoms with Gasteiger partial charge in [0.25, 0.3) is 0 Å². The van der Waals surface area contributed by atoms with Crippen molar-refractivity contribution in [1.82, 2.24) is 0 Å². The molecule has 0 unspecified atom stereocenters. The zero-order valence-corrected chi connectivity index (χ0v) is 11.1. The number of rotatable bonds is 5. The zero-order valence-electron chi connectivity index (χ0n) is 11.1. The molecule has 100 valence electrons. The minimum Gasteiger partial charge on any atom is -0.497 e. The molecular weight excluding hydrogens is 242 g/mol. The van der Waals surface area contributed by atoms with Gasteiger partial charge in [0.2, 0.25) is 0 Å². The number of hydrogen-bond donors (Lipinski definition) is 1. The third-order valence-electron chi connectivity index (χ3n) is 2.51. The van der Waals surface area contributed by atoms with Crippen LogP contribution in [-0.2, 0) is 0 Å². The molecule has 0 fully saturated rings. The van der Waals surface area contributed by atoms with Crippen molar-refractivity contribution in [2.45, 2.75) is 6.92 Å². The Bertz CT molecular complexity index is 538. The van der Waals surface area contributed by atoms with Gasteiger partial charge in [0.15, 0.2) is 0 Å². The molecule has 0 radical (unpaired) electrons. The SMILES string of the molecule is CCOc1cc(N)cc(Oc2ccc(OC)cc2)c1. The van der Waals surface area contributed by atoms with E-state index < -0.39 is 0 Å². The number of ether oxygens (including phenoxy) is 3. The van der Waals surface area contributed by atoms with E-state index >= 15 is 0 Å². The Morgan fingerprint density at radius 1 is 0.895 bits per heavy atom. The van der Waals surface area contributed by atoms with Gasteiger partial charge in [-0.05, 0) is 31.2 Å². The molecule has 0 spiro atoms. The van der Waals surface area contributed by atoms with Crippen LogP contribution in [0.15, 0.2) is 42.5 Å². The molecule has 4 nitrogen and oxygen atoms in total. The van der Waals surface area contributed by atoms with Crippen molar-refractivity contribution < 1.29 is 14.2 Å². The van der Waals surface area contributed by atoms with Crippen LogP contribution in [0.3, 0.4) is 0 Å². The predicted octanol–water partition coefficient (Wildman–Crippen LogP) is 3.47. The largest absolute Gasteiger partial charge is 0.497 e. The van der Waals surface area contributed by atoms with E-state index in [0.29, 0.717) is 29.5 Å². The summed E-state index contributed by atoms with van der Waals surface area (Å²) in [6.07, 6.45) is 0. The summed E-state index contributed by atoms with van der Waals surface area (Å²) in [5.74, 6) is 2.85. The lowest BCUT2D eigenvalue weighted by Gasteiger charge is -2.10. The highest BCUT2D eigenvalue weighted by Crippen LogP contribution is 2.29. The van der Waals surface area contributed by atoms with Gasteiger partial charge in [-0.15, -0.1) is 0 Å². The van der Waals surface area contributed by atoms with Gasteiger partial charge < -0.3 is 19.9 Å². The molecular formula is C15H17NO3. The summed E-state index contributed by atoms with van der Waals surface area (Å²) in [6, 6.07) is 12.7. The second kappa shape index (κ2) is 6.00. The van der Waals surface area contributed by atoms with Crippen LogP contribution in [0.25, 0.3) is 0 Å². The van der Waals surface area contributed by atoms with Gasteiger partial charge in [0.05, 0.1) is 13.7 Å². The van der Waals surface area contributed by atoms with E-state index in [1.165, 1.54) is 0 Å². The van der Waals surface area contributed by atoms with Crippen molar-refractivity contribution in [3.05, 3.63) is 42.5 Å². The third-order valence-corrected chi connectivity index (χ3v) is 2.51. The first-order valence-corrected chi connectivity index (χ1v) is 6.06. The summed E-state index contributed by atoms with van der Waals surface area (Å²) >= 11 is 0. The summed E-state index contributed by atoms with van der Waals surface area (Å²) in [4.78, 5) is 0. The smallest absolute Gasteiger partial charge is 0.133 e. The molecule has 2 rings (SSSR count). The first-order valence-electron chi connectivity index (χ1n) is 6.06. The maximum Gasteiger partial charge on any atom is 0.133 e. The highest BCUT2D eigenvalue weighted by molar-refractivity contribution is 5.51. The summed E-state index contributed by atoms with van der Waals surface area (Å²) in [5.41, 5.74) is 6.41. The Balaban J connectivity index is 2.17. The lowest BCUT2D eigenvalue weighted by Crippen LogP contribution is -1.94. The number of nitrogen functional groups attached to an aromatic ring is 1. The number of hydrogen-bond acceptors (Lipinski definition) is 4. The van der Waals surface area contributed by atoms with E-state index in [-0.39, 0.29) is 0 Å². The van der Waals surface area contributed by atoms with E-state index in [0.717, 1.165) is 5.75 Å².